The van der Waals surface area contributed by atoms with Crippen molar-refractivity contribution >= 4 is 35.8 Å². The third-order valence-corrected chi connectivity index (χ3v) is 7.29. The fourth-order valence-electron chi connectivity index (χ4n) is 4.74. The topological polar surface area (TPSA) is 80.3 Å². The van der Waals surface area contributed by atoms with Gasteiger partial charge in [0.15, 0.2) is 0 Å². The Balaban J connectivity index is -0.000000608. The number of carbonyl (C=O) groups excluding carboxylic acids is 2. The second-order valence-electron chi connectivity index (χ2n) is 10.8. The molecule has 0 heterocycles. The van der Waals surface area contributed by atoms with Gasteiger partial charge < -0.3 is 19.8 Å². The van der Waals surface area contributed by atoms with Crippen LogP contribution in [0.1, 0.15) is 182 Å². The van der Waals surface area contributed by atoms with E-state index in [9.17, 15) is 19.8 Å². The standard InChI is InChI=1S/2C16H32O2.Sn.2H/c2*1-3-5-7-9-10-12-14-15(16(17)18)13-11-8-6-4-2;;;/h2*15H,3-14H2,1-2H3,(H,17,18);;;/q;;+2;;/p-2. The van der Waals surface area contributed by atoms with Crippen LogP contribution in [0.3, 0.4) is 0 Å². The van der Waals surface area contributed by atoms with Crippen LogP contribution < -0.4 is 10.2 Å². The Labute approximate surface area is 248 Å². The van der Waals surface area contributed by atoms with E-state index in [0.29, 0.717) is 0 Å². The van der Waals surface area contributed by atoms with Gasteiger partial charge in [-0.15, -0.1) is 0 Å². The van der Waals surface area contributed by atoms with E-state index in [1.165, 1.54) is 89.9 Å². The molecule has 220 valence electrons. The molecule has 0 fully saturated rings. The van der Waals surface area contributed by atoms with Crippen molar-refractivity contribution in [2.45, 2.75) is 182 Å². The first-order valence-corrected chi connectivity index (χ1v) is 15.9. The number of carbonyl (C=O) groups is 2. The molecule has 0 aliphatic carbocycles. The van der Waals surface area contributed by atoms with Crippen LogP contribution in [0.4, 0.5) is 0 Å². The van der Waals surface area contributed by atoms with Crippen molar-refractivity contribution in [3.8, 4) is 0 Å². The summed E-state index contributed by atoms with van der Waals surface area (Å²) in [6.07, 6.45) is 27.2. The number of hydrogen-bond donors (Lipinski definition) is 0. The molecule has 0 aromatic rings. The van der Waals surface area contributed by atoms with E-state index in [1.807, 2.05) is 0 Å². The number of carboxylic acid groups (broad SMARTS) is 2. The van der Waals surface area contributed by atoms with Crippen molar-refractivity contribution in [2.24, 2.45) is 11.8 Å². The predicted octanol–water partition coefficient (Wildman–Crippen LogP) is 7.23. The quantitative estimate of drug-likeness (QED) is 0.0746. The van der Waals surface area contributed by atoms with Crippen LogP contribution in [0.2, 0.25) is 0 Å². The maximum absolute atomic E-state index is 11.0. The van der Waals surface area contributed by atoms with Crippen LogP contribution >= 0.6 is 0 Å². The Kier molecular flexibility index (Phi) is 37.6. The van der Waals surface area contributed by atoms with Crippen LogP contribution in [0.15, 0.2) is 0 Å². The van der Waals surface area contributed by atoms with Crippen LogP contribution in [-0.4, -0.2) is 35.8 Å². The molecular formula is C32H64O4Sn. The minimum absolute atomic E-state index is 0. The Morgan fingerprint density at radius 3 is 0.811 bits per heavy atom. The van der Waals surface area contributed by atoms with Gasteiger partial charge in [0.05, 0.1) is 0 Å². The van der Waals surface area contributed by atoms with Crippen LogP contribution in [0.25, 0.3) is 0 Å². The first kappa shape index (κ1) is 41.2. The molecule has 0 aromatic heterocycles. The van der Waals surface area contributed by atoms with E-state index >= 15 is 0 Å². The zero-order valence-corrected chi connectivity index (χ0v) is 29.5. The first-order chi connectivity index (χ1) is 17.4. The second kappa shape index (κ2) is 33.8. The number of carboxylic acids is 2. The number of aliphatic carboxylic acids is 2. The van der Waals surface area contributed by atoms with Gasteiger partial charge in [-0.1, -0.05) is 156 Å². The summed E-state index contributed by atoms with van der Waals surface area (Å²) in [7, 11) is 0. The average Bonchev–Trinajstić information content (AvgIpc) is 2.86. The van der Waals surface area contributed by atoms with Crippen molar-refractivity contribution in [3.63, 3.8) is 0 Å². The van der Waals surface area contributed by atoms with E-state index in [4.69, 9.17) is 0 Å². The van der Waals surface area contributed by atoms with Crippen LogP contribution in [0.5, 0.6) is 0 Å². The molecule has 2 atom stereocenters. The van der Waals surface area contributed by atoms with Gasteiger partial charge in [-0.05, 0) is 37.5 Å². The third-order valence-electron chi connectivity index (χ3n) is 7.29. The summed E-state index contributed by atoms with van der Waals surface area (Å²) in [5, 5.41) is 22.0. The van der Waals surface area contributed by atoms with E-state index < -0.39 is 11.9 Å². The van der Waals surface area contributed by atoms with E-state index in [-0.39, 0.29) is 35.7 Å². The second-order valence-corrected chi connectivity index (χ2v) is 10.8. The van der Waals surface area contributed by atoms with Gasteiger partial charge in [-0.3, -0.25) is 0 Å². The molecule has 0 aliphatic heterocycles. The van der Waals surface area contributed by atoms with Crippen molar-refractivity contribution in [1.82, 2.24) is 0 Å². The molecule has 37 heavy (non-hydrogen) atoms. The SMILES string of the molecule is CCCCCCCCC(CCCCCC)C(=O)[O-].CCCCCCCCC(CCCCCC)C(=O)[O-].[SnH2+2]. The van der Waals surface area contributed by atoms with Crippen molar-refractivity contribution < 1.29 is 19.8 Å². The third kappa shape index (κ3) is 31.9. The van der Waals surface area contributed by atoms with Gasteiger partial charge in [-0.25, -0.2) is 0 Å². The van der Waals surface area contributed by atoms with Gasteiger partial charge in [-0.2, -0.15) is 0 Å². The molecular weight excluding hydrogens is 567 g/mol. The summed E-state index contributed by atoms with van der Waals surface area (Å²) in [6.45, 7) is 8.77. The summed E-state index contributed by atoms with van der Waals surface area (Å²) in [5.74, 6) is -2.07. The van der Waals surface area contributed by atoms with Crippen LogP contribution in [-0.2, 0) is 9.59 Å². The van der Waals surface area contributed by atoms with E-state index in [1.54, 1.807) is 0 Å². The molecule has 5 heteroatoms. The van der Waals surface area contributed by atoms with Crippen molar-refractivity contribution in [3.05, 3.63) is 0 Å². The Morgan fingerprint density at radius 2 is 0.595 bits per heavy atom. The van der Waals surface area contributed by atoms with Crippen molar-refractivity contribution in [2.75, 3.05) is 0 Å². The molecule has 0 rings (SSSR count). The molecule has 0 N–H and O–H groups in total. The molecule has 0 amide bonds. The summed E-state index contributed by atoms with van der Waals surface area (Å²) >= 11 is 0. The molecule has 2 unspecified atom stereocenters. The molecule has 0 aliphatic rings. The summed E-state index contributed by atoms with van der Waals surface area (Å²) in [4.78, 5) is 22.0. The van der Waals surface area contributed by atoms with Gasteiger partial charge >= 0.3 is 23.9 Å². The number of rotatable bonds is 26. The summed E-state index contributed by atoms with van der Waals surface area (Å²) in [6, 6.07) is 0. The van der Waals surface area contributed by atoms with Crippen LogP contribution in [0, 0.1) is 11.8 Å². The predicted molar refractivity (Wildman–Crippen MR) is 159 cm³/mol. The fourth-order valence-corrected chi connectivity index (χ4v) is 4.74. The molecule has 0 aromatic carbocycles. The van der Waals surface area contributed by atoms with E-state index in [2.05, 4.69) is 27.7 Å². The monoisotopic (exact) mass is 632 g/mol. The Bertz CT molecular complexity index is 428. The van der Waals surface area contributed by atoms with Gasteiger partial charge in [0.25, 0.3) is 0 Å². The minimum atomic E-state index is -0.833. The number of hydrogen-bond acceptors (Lipinski definition) is 4. The molecule has 0 saturated heterocycles. The molecule has 4 nitrogen and oxygen atoms in total. The molecule has 0 bridgehead atoms. The van der Waals surface area contributed by atoms with Gasteiger partial charge in [0, 0.05) is 11.9 Å². The van der Waals surface area contributed by atoms with Crippen molar-refractivity contribution in [1.29, 1.82) is 0 Å². The summed E-state index contributed by atoms with van der Waals surface area (Å²) in [5.41, 5.74) is 0. The maximum atomic E-state index is 11.0. The number of unbranched alkanes of at least 4 members (excludes halogenated alkanes) is 16. The summed E-state index contributed by atoms with van der Waals surface area (Å²) < 4.78 is 0. The molecule has 0 saturated carbocycles. The van der Waals surface area contributed by atoms with E-state index in [0.717, 1.165) is 64.2 Å². The normalized spacial score (nSPS) is 12.2. The zero-order chi connectivity index (χ0) is 27.3. The van der Waals surface area contributed by atoms with Gasteiger partial charge in [0.1, 0.15) is 0 Å². The average molecular weight is 632 g/mol. The first-order valence-electron chi connectivity index (χ1n) is 15.9. The zero-order valence-electron chi connectivity index (χ0n) is 25.5. The molecule has 0 radical (unpaired) electrons. The van der Waals surface area contributed by atoms with Gasteiger partial charge in [0.2, 0.25) is 0 Å². The Morgan fingerprint density at radius 1 is 0.405 bits per heavy atom. The fraction of sp³-hybridized carbons (Fsp3) is 0.938. The molecule has 0 spiro atoms. The Hall–Kier alpha value is -0.261.